The summed E-state index contributed by atoms with van der Waals surface area (Å²) in [5, 5.41) is 0. The molecule has 0 saturated heterocycles. The van der Waals surface area contributed by atoms with Gasteiger partial charge in [0.15, 0.2) is 0 Å². The third kappa shape index (κ3) is 7.84. The van der Waals surface area contributed by atoms with Gasteiger partial charge in [0, 0.05) is 0 Å². The van der Waals surface area contributed by atoms with Crippen molar-refractivity contribution in [2.75, 3.05) is 0 Å². The van der Waals surface area contributed by atoms with Crippen molar-refractivity contribution in [2.45, 2.75) is 92.4 Å². The van der Waals surface area contributed by atoms with Crippen molar-refractivity contribution in [3.63, 3.8) is 0 Å². The van der Waals surface area contributed by atoms with Crippen LogP contribution in [0.15, 0.2) is 0 Å². The van der Waals surface area contributed by atoms with Gasteiger partial charge in [0.2, 0.25) is 0 Å². The van der Waals surface area contributed by atoms with E-state index in [9.17, 15) is 0 Å². The largest absolute Gasteiger partial charge is 0.0654 e. The Kier molecular flexibility index (Phi) is 11.1. The highest BCUT2D eigenvalue weighted by Gasteiger charge is 2.22. The van der Waals surface area contributed by atoms with Crippen molar-refractivity contribution < 1.29 is 0 Å². The maximum atomic E-state index is 2.43. The Balaban J connectivity index is 4.11. The molecule has 0 bridgehead atoms. The first-order valence-corrected chi connectivity index (χ1v) is 8.17. The lowest BCUT2D eigenvalue weighted by Crippen LogP contribution is -2.20. The molecule has 0 aromatic heterocycles. The van der Waals surface area contributed by atoms with E-state index in [0.717, 1.165) is 17.8 Å². The predicted molar refractivity (Wildman–Crippen MR) is 80.4 cm³/mol. The van der Waals surface area contributed by atoms with Gasteiger partial charge in [-0.3, -0.25) is 0 Å². The molecule has 0 rings (SSSR count). The van der Waals surface area contributed by atoms with Gasteiger partial charge in [-0.25, -0.2) is 0 Å². The Labute approximate surface area is 111 Å². The second kappa shape index (κ2) is 11.1. The summed E-state index contributed by atoms with van der Waals surface area (Å²) in [6.07, 6.45) is 12.8. The van der Waals surface area contributed by atoms with E-state index in [1.807, 2.05) is 0 Å². The summed E-state index contributed by atoms with van der Waals surface area (Å²) in [5.74, 6) is 2.83. The lowest BCUT2D eigenvalue weighted by Gasteiger charge is -2.30. The second-order valence-corrected chi connectivity index (χ2v) is 6.07. The minimum absolute atomic E-state index is 0.874. The Morgan fingerprint density at radius 3 is 1.65 bits per heavy atom. The van der Waals surface area contributed by atoms with E-state index in [1.54, 1.807) is 0 Å². The lowest BCUT2D eigenvalue weighted by molar-refractivity contribution is 0.209. The molecule has 0 spiro atoms. The molecular formula is C17H36. The monoisotopic (exact) mass is 240 g/mol. The van der Waals surface area contributed by atoms with Crippen molar-refractivity contribution in [3.8, 4) is 0 Å². The molecule has 0 heteroatoms. The Morgan fingerprint density at radius 1 is 0.706 bits per heavy atom. The summed E-state index contributed by atoms with van der Waals surface area (Å²) in [4.78, 5) is 0. The predicted octanol–water partition coefficient (Wildman–Crippen LogP) is 6.45. The van der Waals surface area contributed by atoms with Crippen LogP contribution >= 0.6 is 0 Å². The molecule has 2 unspecified atom stereocenters. The van der Waals surface area contributed by atoms with Gasteiger partial charge in [-0.15, -0.1) is 0 Å². The molecular weight excluding hydrogens is 204 g/mol. The molecule has 17 heavy (non-hydrogen) atoms. The molecule has 2 atom stereocenters. The van der Waals surface area contributed by atoms with Crippen LogP contribution in [0.5, 0.6) is 0 Å². The Hall–Kier alpha value is 0. The van der Waals surface area contributed by atoms with Gasteiger partial charge in [0.05, 0.1) is 0 Å². The highest BCUT2D eigenvalue weighted by atomic mass is 14.3. The van der Waals surface area contributed by atoms with E-state index in [2.05, 4.69) is 34.6 Å². The van der Waals surface area contributed by atoms with Crippen LogP contribution in [0, 0.1) is 17.8 Å². The van der Waals surface area contributed by atoms with Gasteiger partial charge < -0.3 is 0 Å². The molecule has 0 nitrogen and oxygen atoms in total. The molecule has 0 aromatic rings. The van der Waals surface area contributed by atoms with Crippen molar-refractivity contribution in [1.29, 1.82) is 0 Å². The number of hydrogen-bond donors (Lipinski definition) is 0. The van der Waals surface area contributed by atoms with Crippen LogP contribution in [0.3, 0.4) is 0 Å². The van der Waals surface area contributed by atoms with Gasteiger partial charge in [-0.2, -0.15) is 0 Å². The molecule has 104 valence electrons. The van der Waals surface area contributed by atoms with Gasteiger partial charge in [-0.1, -0.05) is 86.0 Å². The van der Waals surface area contributed by atoms with Crippen LogP contribution < -0.4 is 0 Å². The van der Waals surface area contributed by atoms with Crippen LogP contribution in [-0.4, -0.2) is 0 Å². The fraction of sp³-hybridized carbons (Fsp3) is 1.00. The van der Waals surface area contributed by atoms with Gasteiger partial charge >= 0.3 is 0 Å². The number of rotatable bonds is 11. The summed E-state index contributed by atoms with van der Waals surface area (Å²) in [5.41, 5.74) is 0. The Bertz CT molecular complexity index is 148. The SMILES string of the molecule is CCCCCC(CC)C(CCCCC)C(C)C. The third-order valence-electron chi connectivity index (χ3n) is 4.31. The molecule has 0 aliphatic carbocycles. The molecule has 0 fully saturated rings. The van der Waals surface area contributed by atoms with E-state index in [1.165, 1.54) is 57.8 Å². The molecule has 0 radical (unpaired) electrons. The highest BCUT2D eigenvalue weighted by molar-refractivity contribution is 4.72. The summed E-state index contributed by atoms with van der Waals surface area (Å²) >= 11 is 0. The zero-order valence-electron chi connectivity index (χ0n) is 13.1. The maximum absolute atomic E-state index is 2.43. The maximum Gasteiger partial charge on any atom is -0.0363 e. The number of hydrogen-bond acceptors (Lipinski definition) is 0. The molecule has 0 aliphatic heterocycles. The standard InChI is InChI=1S/C17H36/c1-6-9-11-13-16(8-3)17(15(4)5)14-12-10-7-2/h15-17H,6-14H2,1-5H3. The van der Waals surface area contributed by atoms with E-state index >= 15 is 0 Å². The van der Waals surface area contributed by atoms with E-state index in [4.69, 9.17) is 0 Å². The van der Waals surface area contributed by atoms with Crippen LogP contribution in [-0.2, 0) is 0 Å². The first kappa shape index (κ1) is 17.0. The zero-order chi connectivity index (χ0) is 13.1. The van der Waals surface area contributed by atoms with Crippen LogP contribution in [0.25, 0.3) is 0 Å². The van der Waals surface area contributed by atoms with Gasteiger partial charge in [0.1, 0.15) is 0 Å². The van der Waals surface area contributed by atoms with Crippen molar-refractivity contribution >= 4 is 0 Å². The minimum atomic E-state index is 0.874. The second-order valence-electron chi connectivity index (χ2n) is 6.07. The molecule has 0 aromatic carbocycles. The zero-order valence-corrected chi connectivity index (χ0v) is 13.1. The summed E-state index contributed by atoms with van der Waals surface area (Å²) < 4.78 is 0. The average Bonchev–Trinajstić information content (AvgIpc) is 2.31. The Morgan fingerprint density at radius 2 is 1.24 bits per heavy atom. The summed E-state index contributed by atoms with van der Waals surface area (Å²) in [6, 6.07) is 0. The van der Waals surface area contributed by atoms with Gasteiger partial charge in [0.25, 0.3) is 0 Å². The molecule has 0 aliphatic rings. The normalized spacial score (nSPS) is 15.2. The highest BCUT2D eigenvalue weighted by Crippen LogP contribution is 2.32. The van der Waals surface area contributed by atoms with Crippen molar-refractivity contribution in [1.82, 2.24) is 0 Å². The van der Waals surface area contributed by atoms with Crippen LogP contribution in [0.4, 0.5) is 0 Å². The number of unbranched alkanes of at least 4 members (excludes halogenated alkanes) is 4. The van der Waals surface area contributed by atoms with Crippen LogP contribution in [0.1, 0.15) is 92.4 Å². The molecule has 0 heterocycles. The fourth-order valence-electron chi connectivity index (χ4n) is 3.12. The third-order valence-corrected chi connectivity index (χ3v) is 4.31. The first-order chi connectivity index (χ1) is 8.17. The van der Waals surface area contributed by atoms with E-state index in [-0.39, 0.29) is 0 Å². The van der Waals surface area contributed by atoms with E-state index in [0.29, 0.717) is 0 Å². The van der Waals surface area contributed by atoms with E-state index < -0.39 is 0 Å². The topological polar surface area (TPSA) is 0 Å². The van der Waals surface area contributed by atoms with Gasteiger partial charge in [-0.05, 0) is 24.2 Å². The first-order valence-electron chi connectivity index (χ1n) is 8.17. The van der Waals surface area contributed by atoms with Crippen LogP contribution in [0.2, 0.25) is 0 Å². The smallest absolute Gasteiger partial charge is 0.0363 e. The van der Waals surface area contributed by atoms with Crippen molar-refractivity contribution in [3.05, 3.63) is 0 Å². The summed E-state index contributed by atoms with van der Waals surface area (Å²) in [7, 11) is 0. The fourth-order valence-corrected chi connectivity index (χ4v) is 3.12. The lowest BCUT2D eigenvalue weighted by atomic mass is 9.76. The minimum Gasteiger partial charge on any atom is -0.0654 e. The average molecular weight is 240 g/mol. The molecule has 0 amide bonds. The molecule has 0 saturated carbocycles. The molecule has 0 N–H and O–H groups in total. The quantitative estimate of drug-likeness (QED) is 0.364. The van der Waals surface area contributed by atoms with Crippen molar-refractivity contribution in [2.24, 2.45) is 17.8 Å². The summed E-state index contributed by atoms with van der Waals surface area (Å²) in [6.45, 7) is 11.9.